The zero-order chi connectivity index (χ0) is 23.1. The summed E-state index contributed by atoms with van der Waals surface area (Å²) in [5, 5.41) is 21.0. The summed E-state index contributed by atoms with van der Waals surface area (Å²) in [6.45, 7) is 9.06. The largest absolute Gasteiger partial charge is 0.427 e. The molecule has 1 unspecified atom stereocenters. The number of halogens is 1. The van der Waals surface area contributed by atoms with Crippen LogP contribution >= 0.6 is 32.2 Å². The van der Waals surface area contributed by atoms with E-state index >= 15 is 0 Å². The third-order valence-corrected chi connectivity index (χ3v) is 6.98. The van der Waals surface area contributed by atoms with Crippen LogP contribution in [0, 0.1) is 0 Å². The number of benzene rings is 1. The van der Waals surface area contributed by atoms with E-state index < -0.39 is 0 Å². The Bertz CT molecular complexity index is 1070. The van der Waals surface area contributed by atoms with Crippen LogP contribution < -0.4 is 18.6 Å². The van der Waals surface area contributed by atoms with Gasteiger partial charge in [0.1, 0.15) is 5.75 Å². The SMILES string of the molecule is CN(c1ccc(-c2cc(-c3ccn[nH]3)c(P)cc2OI)nn1)C1CC(C)(C)NC(C)(C)C1. The molecule has 3 heterocycles. The highest BCUT2D eigenvalue weighted by Gasteiger charge is 2.39. The van der Waals surface area contributed by atoms with E-state index in [0.717, 1.165) is 52.2 Å². The molecule has 1 atom stereocenters. The lowest BCUT2D eigenvalue weighted by Gasteiger charge is -2.49. The molecule has 2 N–H and O–H groups in total. The monoisotopic (exact) mass is 564 g/mol. The van der Waals surface area contributed by atoms with Gasteiger partial charge in [0, 0.05) is 41.5 Å². The Morgan fingerprint density at radius 2 is 1.78 bits per heavy atom. The second-order valence-electron chi connectivity index (χ2n) is 9.83. The predicted molar refractivity (Wildman–Crippen MR) is 142 cm³/mol. The van der Waals surface area contributed by atoms with E-state index in [0.29, 0.717) is 6.04 Å². The number of aromatic nitrogens is 4. The van der Waals surface area contributed by atoms with Crippen molar-refractivity contribution in [2.45, 2.75) is 57.7 Å². The summed E-state index contributed by atoms with van der Waals surface area (Å²) < 4.78 is 5.62. The fourth-order valence-corrected chi connectivity index (χ4v) is 5.64. The van der Waals surface area contributed by atoms with E-state index in [-0.39, 0.29) is 11.1 Å². The molecule has 0 aliphatic carbocycles. The molecule has 1 fully saturated rings. The van der Waals surface area contributed by atoms with E-state index in [1.807, 2.05) is 47.3 Å². The van der Waals surface area contributed by atoms with Crippen molar-refractivity contribution in [2.24, 2.45) is 0 Å². The molecule has 0 amide bonds. The van der Waals surface area contributed by atoms with Crippen molar-refractivity contribution < 1.29 is 3.07 Å². The number of hydrogen-bond acceptors (Lipinski definition) is 6. The van der Waals surface area contributed by atoms with Crippen LogP contribution in [0.4, 0.5) is 5.82 Å². The number of anilines is 1. The lowest BCUT2D eigenvalue weighted by Crippen LogP contribution is -2.62. The van der Waals surface area contributed by atoms with Crippen LogP contribution in [-0.2, 0) is 0 Å². The van der Waals surface area contributed by atoms with Gasteiger partial charge in [-0.25, -0.2) is 0 Å². The third kappa shape index (κ3) is 4.92. The lowest BCUT2D eigenvalue weighted by molar-refractivity contribution is 0.160. The maximum absolute atomic E-state index is 5.62. The van der Waals surface area contributed by atoms with Crippen LogP contribution in [0.2, 0.25) is 0 Å². The molecule has 170 valence electrons. The number of rotatable bonds is 5. The molecule has 1 aliphatic rings. The Balaban J connectivity index is 1.63. The predicted octanol–water partition coefficient (Wildman–Crippen LogP) is 4.51. The average molecular weight is 564 g/mol. The van der Waals surface area contributed by atoms with Gasteiger partial charge in [-0.2, -0.15) is 5.10 Å². The molecule has 7 nitrogen and oxygen atoms in total. The van der Waals surface area contributed by atoms with Gasteiger partial charge in [-0.05, 0) is 76.2 Å². The first-order chi connectivity index (χ1) is 15.1. The minimum absolute atomic E-state index is 0.0730. The zero-order valence-electron chi connectivity index (χ0n) is 19.1. The third-order valence-electron chi connectivity index (χ3n) is 6.03. The minimum atomic E-state index is 0.0730. The summed E-state index contributed by atoms with van der Waals surface area (Å²) in [4.78, 5) is 2.26. The minimum Gasteiger partial charge on any atom is -0.427 e. The lowest BCUT2D eigenvalue weighted by atomic mass is 9.79. The van der Waals surface area contributed by atoms with Crippen LogP contribution in [0.3, 0.4) is 0 Å². The molecule has 3 aromatic rings. The standard InChI is InChI=1S/C23H30IN6OP/c1-22(2)12-14(13-23(3,4)29-22)30(5)21-7-6-17(27-28-21)15-10-16(18-8-9-25-26-18)20(32)11-19(15)31-24/h6-11,14,29H,12-13,32H2,1-5H3,(H,25,26). The van der Waals surface area contributed by atoms with Gasteiger partial charge < -0.3 is 13.3 Å². The molecule has 1 saturated heterocycles. The molecule has 0 radical (unpaired) electrons. The second-order valence-corrected chi connectivity index (χ2v) is 10.9. The smallest absolute Gasteiger partial charge is 0.192 e. The van der Waals surface area contributed by atoms with Gasteiger partial charge in [-0.15, -0.1) is 19.4 Å². The Morgan fingerprint density at radius 1 is 1.06 bits per heavy atom. The van der Waals surface area contributed by atoms with Gasteiger partial charge in [0.15, 0.2) is 28.8 Å². The highest BCUT2D eigenvalue weighted by atomic mass is 127. The summed E-state index contributed by atoms with van der Waals surface area (Å²) in [6, 6.07) is 10.5. The van der Waals surface area contributed by atoms with Crippen molar-refractivity contribution in [3.63, 3.8) is 0 Å². The van der Waals surface area contributed by atoms with Gasteiger partial charge in [-0.1, -0.05) is 0 Å². The van der Waals surface area contributed by atoms with Crippen LogP contribution in [0.15, 0.2) is 36.5 Å². The molecule has 32 heavy (non-hydrogen) atoms. The van der Waals surface area contributed by atoms with E-state index in [1.54, 1.807) is 6.20 Å². The number of H-pyrrole nitrogens is 1. The van der Waals surface area contributed by atoms with Crippen LogP contribution in [0.1, 0.15) is 40.5 Å². The van der Waals surface area contributed by atoms with E-state index in [9.17, 15) is 0 Å². The highest BCUT2D eigenvalue weighted by Crippen LogP contribution is 2.35. The fraction of sp³-hybridized carbons (Fsp3) is 0.435. The van der Waals surface area contributed by atoms with Crippen molar-refractivity contribution in [2.75, 3.05) is 11.9 Å². The summed E-state index contributed by atoms with van der Waals surface area (Å²) >= 11 is 1.91. The molecular formula is C23H30IN6OP. The van der Waals surface area contributed by atoms with E-state index in [4.69, 9.17) is 3.07 Å². The highest BCUT2D eigenvalue weighted by molar-refractivity contribution is 14.1. The fourth-order valence-electron chi connectivity index (χ4n) is 4.88. The van der Waals surface area contributed by atoms with Crippen LogP contribution in [-0.4, -0.2) is 44.6 Å². The maximum Gasteiger partial charge on any atom is 0.192 e. The normalized spacial score (nSPS) is 17.8. The summed E-state index contributed by atoms with van der Waals surface area (Å²) in [6.07, 6.45) is 3.84. The van der Waals surface area contributed by atoms with E-state index in [1.165, 1.54) is 0 Å². The van der Waals surface area contributed by atoms with Gasteiger partial charge >= 0.3 is 0 Å². The molecule has 1 aromatic carbocycles. The molecule has 0 bridgehead atoms. The van der Waals surface area contributed by atoms with Gasteiger partial charge in [0.25, 0.3) is 0 Å². The summed E-state index contributed by atoms with van der Waals surface area (Å²) in [5.41, 5.74) is 3.78. The molecule has 1 aliphatic heterocycles. The Hall–Kier alpha value is -1.77. The van der Waals surface area contributed by atoms with Crippen LogP contribution in [0.5, 0.6) is 5.75 Å². The van der Waals surface area contributed by atoms with Gasteiger partial charge in [0.2, 0.25) is 0 Å². The molecule has 2 aromatic heterocycles. The number of piperidine rings is 1. The van der Waals surface area contributed by atoms with Crippen molar-refractivity contribution >= 4 is 43.4 Å². The topological polar surface area (TPSA) is 79.0 Å². The molecule has 9 heteroatoms. The Labute approximate surface area is 206 Å². The van der Waals surface area contributed by atoms with Gasteiger partial charge in [-0.3, -0.25) is 5.10 Å². The van der Waals surface area contributed by atoms with Crippen molar-refractivity contribution in [3.05, 3.63) is 36.5 Å². The Kier molecular flexibility index (Phi) is 6.49. The second kappa shape index (κ2) is 8.88. The van der Waals surface area contributed by atoms with Crippen molar-refractivity contribution in [1.82, 2.24) is 25.7 Å². The summed E-state index contributed by atoms with van der Waals surface area (Å²) in [5.74, 6) is 1.62. The van der Waals surface area contributed by atoms with Gasteiger partial charge in [0.05, 0.1) is 11.4 Å². The number of aromatic amines is 1. The number of nitrogens with one attached hydrogen (secondary N) is 2. The van der Waals surface area contributed by atoms with Crippen molar-refractivity contribution in [1.29, 1.82) is 0 Å². The van der Waals surface area contributed by atoms with Crippen LogP contribution in [0.25, 0.3) is 22.5 Å². The number of hydrogen-bond donors (Lipinski definition) is 2. The quantitative estimate of drug-likeness (QED) is 0.351. The van der Waals surface area contributed by atoms with Crippen molar-refractivity contribution in [3.8, 4) is 28.3 Å². The first kappa shape index (κ1) is 23.4. The summed E-state index contributed by atoms with van der Waals surface area (Å²) in [7, 11) is 4.87. The molecule has 0 saturated carbocycles. The first-order valence-electron chi connectivity index (χ1n) is 10.7. The first-order valence-corrected chi connectivity index (χ1v) is 12.1. The molecule has 4 rings (SSSR count). The van der Waals surface area contributed by atoms with E-state index in [2.05, 4.69) is 80.7 Å². The Morgan fingerprint density at radius 3 is 2.34 bits per heavy atom. The zero-order valence-corrected chi connectivity index (χ0v) is 22.4. The maximum atomic E-state index is 5.62. The molecular weight excluding hydrogens is 534 g/mol. The average Bonchev–Trinajstić information content (AvgIpc) is 3.25. The molecule has 0 spiro atoms. The number of nitrogens with zero attached hydrogens (tertiary/aromatic N) is 4.